The number of ketones is 1. The van der Waals surface area contributed by atoms with Crippen LogP contribution in [0.5, 0.6) is 0 Å². The molecule has 3 aromatic carbocycles. The lowest BCUT2D eigenvalue weighted by Gasteiger charge is -2.09. The van der Waals surface area contributed by atoms with Crippen LogP contribution in [-0.4, -0.2) is 10.4 Å². The Morgan fingerprint density at radius 1 is 1.00 bits per heavy atom. The third-order valence-corrected chi connectivity index (χ3v) is 5.48. The molecule has 30 heavy (non-hydrogen) atoms. The predicted molar refractivity (Wildman–Crippen MR) is 122 cm³/mol. The summed E-state index contributed by atoms with van der Waals surface area (Å²) in [7, 11) is 0. The fourth-order valence-electron chi connectivity index (χ4n) is 3.65. The summed E-state index contributed by atoms with van der Waals surface area (Å²) < 4.78 is 2.20. The number of benzene rings is 3. The van der Waals surface area contributed by atoms with Gasteiger partial charge in [0.15, 0.2) is 0 Å². The molecule has 0 unspecified atom stereocenters. The molecule has 0 atom stereocenters. The third kappa shape index (κ3) is 3.78. The van der Waals surface area contributed by atoms with Crippen molar-refractivity contribution in [3.05, 3.63) is 112 Å². The van der Waals surface area contributed by atoms with Crippen molar-refractivity contribution < 1.29 is 4.79 Å². The van der Waals surface area contributed by atoms with E-state index < -0.39 is 0 Å². The molecule has 4 heteroatoms. The SMILES string of the molecule is Cc1c(/C=C(\C#N)C(=O)c2ccccc2)c2ccccc2n1Cc1ccc(Cl)cc1. The standard InChI is InChI=1S/C26H19ClN2O/c1-18-24(15-21(16-28)26(30)20-7-3-2-4-8-20)23-9-5-6-10-25(23)29(18)17-19-11-13-22(27)14-12-19/h2-15H,17H2,1H3/b21-15+. The van der Waals surface area contributed by atoms with Gasteiger partial charge in [-0.25, -0.2) is 0 Å². The van der Waals surface area contributed by atoms with E-state index in [1.165, 1.54) is 0 Å². The highest BCUT2D eigenvalue weighted by Gasteiger charge is 2.17. The summed E-state index contributed by atoms with van der Waals surface area (Å²) in [4.78, 5) is 12.8. The van der Waals surface area contributed by atoms with Gasteiger partial charge in [0.2, 0.25) is 5.78 Å². The van der Waals surface area contributed by atoms with E-state index in [0.717, 1.165) is 27.7 Å². The van der Waals surface area contributed by atoms with Gasteiger partial charge >= 0.3 is 0 Å². The maximum Gasteiger partial charge on any atom is 0.203 e. The van der Waals surface area contributed by atoms with Gasteiger partial charge in [-0.15, -0.1) is 0 Å². The van der Waals surface area contributed by atoms with E-state index in [0.29, 0.717) is 17.1 Å². The van der Waals surface area contributed by atoms with Crippen LogP contribution in [0.4, 0.5) is 0 Å². The highest BCUT2D eigenvalue weighted by atomic mass is 35.5. The first-order valence-electron chi connectivity index (χ1n) is 9.62. The van der Waals surface area contributed by atoms with Gasteiger partial charge in [0.1, 0.15) is 11.6 Å². The van der Waals surface area contributed by atoms with Crippen molar-refractivity contribution in [2.45, 2.75) is 13.5 Å². The molecule has 3 nitrogen and oxygen atoms in total. The van der Waals surface area contributed by atoms with Crippen molar-refractivity contribution in [3.8, 4) is 6.07 Å². The number of aromatic nitrogens is 1. The predicted octanol–water partition coefficient (Wildman–Crippen LogP) is 6.44. The maximum absolute atomic E-state index is 12.8. The number of hydrogen-bond acceptors (Lipinski definition) is 2. The van der Waals surface area contributed by atoms with Crippen molar-refractivity contribution in [2.75, 3.05) is 0 Å². The fourth-order valence-corrected chi connectivity index (χ4v) is 3.78. The Morgan fingerprint density at radius 2 is 1.67 bits per heavy atom. The molecule has 0 radical (unpaired) electrons. The molecule has 0 saturated carbocycles. The molecule has 1 heterocycles. The average Bonchev–Trinajstić information content (AvgIpc) is 3.04. The second-order valence-corrected chi connectivity index (χ2v) is 7.53. The summed E-state index contributed by atoms with van der Waals surface area (Å²) in [5.41, 5.74) is 4.70. The lowest BCUT2D eigenvalue weighted by molar-refractivity contribution is 0.104. The van der Waals surface area contributed by atoms with E-state index in [4.69, 9.17) is 11.6 Å². The Balaban J connectivity index is 1.82. The zero-order valence-electron chi connectivity index (χ0n) is 16.5. The number of halogens is 1. The van der Waals surface area contributed by atoms with Crippen LogP contribution < -0.4 is 0 Å². The minimum absolute atomic E-state index is 0.124. The van der Waals surface area contributed by atoms with E-state index >= 15 is 0 Å². The van der Waals surface area contributed by atoms with E-state index in [-0.39, 0.29) is 11.4 Å². The summed E-state index contributed by atoms with van der Waals surface area (Å²) in [5, 5.41) is 11.4. The van der Waals surface area contributed by atoms with Crippen LogP contribution in [0.25, 0.3) is 17.0 Å². The normalized spacial score (nSPS) is 11.4. The van der Waals surface area contributed by atoms with Gasteiger partial charge in [0, 0.05) is 39.3 Å². The first kappa shape index (κ1) is 19.7. The van der Waals surface area contributed by atoms with Crippen LogP contribution >= 0.6 is 11.6 Å². The van der Waals surface area contributed by atoms with E-state index in [2.05, 4.69) is 16.7 Å². The zero-order valence-corrected chi connectivity index (χ0v) is 17.2. The minimum Gasteiger partial charge on any atom is -0.340 e. The summed E-state index contributed by atoms with van der Waals surface area (Å²) >= 11 is 6.02. The first-order valence-corrected chi connectivity index (χ1v) is 10.00. The molecule has 0 N–H and O–H groups in total. The minimum atomic E-state index is -0.271. The van der Waals surface area contributed by atoms with Gasteiger partial charge in [-0.05, 0) is 36.8 Å². The number of carbonyl (C=O) groups is 1. The monoisotopic (exact) mass is 410 g/mol. The van der Waals surface area contributed by atoms with E-state index in [1.54, 1.807) is 30.3 Å². The molecule has 4 rings (SSSR count). The van der Waals surface area contributed by atoms with Gasteiger partial charge in [-0.3, -0.25) is 4.79 Å². The lowest BCUT2D eigenvalue weighted by Crippen LogP contribution is -2.03. The van der Waals surface area contributed by atoms with Gasteiger partial charge in [0.05, 0.1) is 0 Å². The second kappa shape index (κ2) is 8.41. The van der Waals surface area contributed by atoms with Crippen LogP contribution in [0.3, 0.4) is 0 Å². The van der Waals surface area contributed by atoms with Gasteiger partial charge in [-0.1, -0.05) is 72.3 Å². The number of allylic oxidation sites excluding steroid dienone is 1. The first-order chi connectivity index (χ1) is 14.6. The van der Waals surface area contributed by atoms with Crippen LogP contribution in [0.1, 0.15) is 27.2 Å². The van der Waals surface area contributed by atoms with Crippen LogP contribution in [-0.2, 0) is 6.54 Å². The van der Waals surface area contributed by atoms with E-state index in [9.17, 15) is 10.1 Å². The molecule has 0 fully saturated rings. The maximum atomic E-state index is 12.8. The van der Waals surface area contributed by atoms with Crippen LogP contribution in [0, 0.1) is 18.3 Å². The Labute approximate surface area is 180 Å². The summed E-state index contributed by atoms with van der Waals surface area (Å²) in [5.74, 6) is -0.271. The lowest BCUT2D eigenvalue weighted by atomic mass is 10.0. The summed E-state index contributed by atoms with van der Waals surface area (Å²) in [6.45, 7) is 2.69. The number of nitrogens with zero attached hydrogens (tertiary/aromatic N) is 2. The summed E-state index contributed by atoms with van der Waals surface area (Å²) in [6.07, 6.45) is 1.71. The molecule has 0 bridgehead atoms. The zero-order chi connectivity index (χ0) is 21.1. The number of fused-ring (bicyclic) bond motifs is 1. The highest BCUT2D eigenvalue weighted by Crippen LogP contribution is 2.29. The quantitative estimate of drug-likeness (QED) is 0.216. The van der Waals surface area contributed by atoms with Gasteiger partial charge in [0.25, 0.3) is 0 Å². The molecule has 0 amide bonds. The van der Waals surface area contributed by atoms with E-state index in [1.807, 2.05) is 55.5 Å². The fraction of sp³-hybridized carbons (Fsp3) is 0.0769. The topological polar surface area (TPSA) is 45.8 Å². The average molecular weight is 411 g/mol. The second-order valence-electron chi connectivity index (χ2n) is 7.09. The smallest absolute Gasteiger partial charge is 0.203 e. The van der Waals surface area contributed by atoms with Crippen molar-refractivity contribution >= 4 is 34.4 Å². The Morgan fingerprint density at radius 3 is 2.37 bits per heavy atom. The summed E-state index contributed by atoms with van der Waals surface area (Å²) in [6, 6.07) is 26.8. The molecule has 0 saturated heterocycles. The Hall–Kier alpha value is -3.61. The Bertz CT molecular complexity index is 1290. The van der Waals surface area contributed by atoms with Crippen molar-refractivity contribution in [1.82, 2.24) is 4.57 Å². The number of Topliss-reactive ketones (excluding diaryl/α,β-unsaturated/α-hetero) is 1. The van der Waals surface area contributed by atoms with Crippen molar-refractivity contribution in [2.24, 2.45) is 0 Å². The largest absolute Gasteiger partial charge is 0.340 e. The third-order valence-electron chi connectivity index (χ3n) is 5.22. The molecule has 4 aromatic rings. The molecule has 1 aromatic heterocycles. The molecular weight excluding hydrogens is 392 g/mol. The number of hydrogen-bond donors (Lipinski definition) is 0. The number of carbonyl (C=O) groups excluding carboxylic acids is 1. The van der Waals surface area contributed by atoms with Crippen LogP contribution in [0.15, 0.2) is 84.4 Å². The number of rotatable bonds is 5. The highest BCUT2D eigenvalue weighted by molar-refractivity contribution is 6.30. The number of para-hydroxylation sites is 1. The van der Waals surface area contributed by atoms with Crippen molar-refractivity contribution in [1.29, 1.82) is 5.26 Å². The van der Waals surface area contributed by atoms with Crippen molar-refractivity contribution in [3.63, 3.8) is 0 Å². The molecule has 0 spiro atoms. The molecule has 0 aliphatic heterocycles. The van der Waals surface area contributed by atoms with Crippen LogP contribution in [0.2, 0.25) is 5.02 Å². The van der Waals surface area contributed by atoms with Gasteiger partial charge < -0.3 is 4.57 Å². The number of nitriles is 1. The molecule has 0 aliphatic carbocycles. The Kier molecular flexibility index (Phi) is 5.52. The molecular formula is C26H19ClN2O. The van der Waals surface area contributed by atoms with Gasteiger partial charge in [-0.2, -0.15) is 5.26 Å². The molecule has 0 aliphatic rings. The molecule has 146 valence electrons.